The molecular weight excluding hydrogens is 591 g/mol. The maximum absolute atomic E-state index is 6.83. The summed E-state index contributed by atoms with van der Waals surface area (Å²) in [5, 5.41) is 0. The third kappa shape index (κ3) is 3.45. The van der Waals surface area contributed by atoms with Crippen molar-refractivity contribution in [3.8, 4) is 23.0 Å². The number of benzene rings is 3. The van der Waals surface area contributed by atoms with Crippen LogP contribution in [0.4, 0.5) is 23.0 Å². The van der Waals surface area contributed by atoms with Crippen molar-refractivity contribution in [1.29, 1.82) is 0 Å². The van der Waals surface area contributed by atoms with Gasteiger partial charge in [-0.15, -0.1) is 13.5 Å². The molecule has 2 atom stereocenters. The van der Waals surface area contributed by atoms with Crippen molar-refractivity contribution in [3.05, 3.63) is 122 Å². The van der Waals surface area contributed by atoms with Gasteiger partial charge in [0.2, 0.25) is 0 Å². The number of nitrogens with zero attached hydrogens (tertiary/aromatic N) is 7. The van der Waals surface area contributed by atoms with Gasteiger partial charge in [0.25, 0.3) is 0 Å². The van der Waals surface area contributed by atoms with E-state index < -0.39 is 22.8 Å². The quantitative estimate of drug-likeness (QED) is 0.182. The van der Waals surface area contributed by atoms with E-state index in [0.717, 1.165) is 11.4 Å². The Bertz CT molecular complexity index is 1950. The summed E-state index contributed by atoms with van der Waals surface area (Å²) in [7, 11) is -10.3. The molecule has 0 bridgehead atoms. The first-order valence-corrected chi connectivity index (χ1v) is 17.7. The molecular formula is C28H20N7O4P3. The maximum Gasteiger partial charge on any atom is 0.458 e. The molecule has 42 heavy (non-hydrogen) atoms. The predicted molar refractivity (Wildman–Crippen MR) is 163 cm³/mol. The van der Waals surface area contributed by atoms with E-state index in [1.54, 1.807) is 12.4 Å². The molecule has 9 rings (SSSR count). The average Bonchev–Trinajstić information content (AvgIpc) is 3.62. The molecule has 4 aliphatic rings. The Hall–Kier alpha value is -4.55. The molecule has 0 saturated heterocycles. The number of pyridine rings is 2. The first-order valence-electron chi connectivity index (χ1n) is 13.1. The summed E-state index contributed by atoms with van der Waals surface area (Å²) >= 11 is 0. The van der Waals surface area contributed by atoms with E-state index in [2.05, 4.69) is 0 Å². The third-order valence-electron chi connectivity index (χ3n) is 6.86. The number of fused-ring (bicyclic) bond motifs is 3. The minimum absolute atomic E-state index is 0.554. The zero-order valence-electron chi connectivity index (χ0n) is 21.7. The van der Waals surface area contributed by atoms with E-state index in [4.69, 9.17) is 41.6 Å². The van der Waals surface area contributed by atoms with Crippen molar-refractivity contribution in [1.82, 2.24) is 9.97 Å². The van der Waals surface area contributed by atoms with E-state index in [9.17, 15) is 0 Å². The van der Waals surface area contributed by atoms with Crippen molar-refractivity contribution in [2.75, 3.05) is 9.34 Å². The average molecular weight is 611 g/mol. The Kier molecular flexibility index (Phi) is 5.00. The van der Waals surface area contributed by atoms with Crippen LogP contribution in [0.5, 0.6) is 23.0 Å². The molecule has 206 valence electrons. The summed E-state index contributed by atoms with van der Waals surface area (Å²) in [6.45, 7) is 0. The second-order valence-electron chi connectivity index (χ2n) is 9.53. The van der Waals surface area contributed by atoms with Gasteiger partial charge in [0, 0.05) is 12.4 Å². The fraction of sp³-hybridized carbons (Fsp3) is 0. The van der Waals surface area contributed by atoms with E-state index in [1.165, 1.54) is 0 Å². The van der Waals surface area contributed by atoms with Crippen LogP contribution in [0.1, 0.15) is 0 Å². The van der Waals surface area contributed by atoms with E-state index in [0.29, 0.717) is 34.6 Å². The number of para-hydroxylation sites is 6. The second kappa shape index (κ2) is 8.73. The highest BCUT2D eigenvalue weighted by Gasteiger charge is 2.57. The van der Waals surface area contributed by atoms with Gasteiger partial charge in [-0.05, 0) is 60.7 Å². The lowest BCUT2D eigenvalue weighted by atomic mass is 10.3. The molecule has 14 heteroatoms. The molecule has 6 heterocycles. The van der Waals surface area contributed by atoms with Crippen molar-refractivity contribution < 1.29 is 18.1 Å². The van der Waals surface area contributed by atoms with Crippen LogP contribution >= 0.6 is 22.8 Å². The van der Waals surface area contributed by atoms with Crippen LogP contribution in [0.2, 0.25) is 0 Å². The van der Waals surface area contributed by atoms with Crippen LogP contribution in [-0.2, 0) is 0 Å². The highest BCUT2D eigenvalue weighted by molar-refractivity contribution is 7.83. The van der Waals surface area contributed by atoms with Crippen molar-refractivity contribution in [3.63, 3.8) is 0 Å². The van der Waals surface area contributed by atoms with Crippen LogP contribution in [-0.4, -0.2) is 9.97 Å². The standard InChI is InChI=1S/C28H20N7O4P3/c1-3-13-23-21(11-1)34(27-17-7-9-19-29-27)40(36-23)31-41(33-42(32-40)38-25-15-5-6-16-26(25)39-42)35(28-18-8-10-20-30-28)22-12-2-4-14-24(22)37-41/h1-20H. The minimum atomic E-state index is -3.46. The normalized spacial score (nSPS) is 23.4. The molecule has 4 aliphatic heterocycles. The van der Waals surface area contributed by atoms with E-state index >= 15 is 0 Å². The Morgan fingerprint density at radius 3 is 1.38 bits per heavy atom. The molecule has 2 aromatic heterocycles. The second-order valence-corrected chi connectivity index (χ2v) is 16.2. The molecule has 0 aliphatic carbocycles. The van der Waals surface area contributed by atoms with Crippen LogP contribution < -0.4 is 27.4 Å². The van der Waals surface area contributed by atoms with Gasteiger partial charge in [0.15, 0.2) is 23.0 Å². The monoisotopic (exact) mass is 611 g/mol. The zero-order chi connectivity index (χ0) is 27.8. The van der Waals surface area contributed by atoms with Crippen molar-refractivity contribution in [2.24, 2.45) is 13.5 Å². The van der Waals surface area contributed by atoms with Gasteiger partial charge in [-0.25, -0.2) is 19.3 Å². The molecule has 11 nitrogen and oxygen atoms in total. The largest absolute Gasteiger partial charge is 0.458 e. The van der Waals surface area contributed by atoms with Crippen LogP contribution in [0.3, 0.4) is 0 Å². The fourth-order valence-electron chi connectivity index (χ4n) is 5.20. The Morgan fingerprint density at radius 1 is 0.429 bits per heavy atom. The molecule has 3 spiro atoms. The summed E-state index contributed by atoms with van der Waals surface area (Å²) in [6, 6.07) is 34.3. The minimum Gasteiger partial charge on any atom is -0.424 e. The molecule has 5 aromatic rings. The van der Waals surface area contributed by atoms with Gasteiger partial charge in [-0.1, -0.05) is 48.5 Å². The SMILES string of the molecule is c1ccc(N2c3ccccc3OP23=NP2(=NP4(=N3)Oc3ccccc3N4c3ccccn3)Oc3ccccc3O2)nc1. The summed E-state index contributed by atoms with van der Waals surface area (Å²) in [5.74, 6) is 3.61. The molecule has 0 fully saturated rings. The zero-order valence-corrected chi connectivity index (χ0v) is 24.3. The summed E-state index contributed by atoms with van der Waals surface area (Å²) in [6.07, 6.45) is 3.47. The van der Waals surface area contributed by atoms with Gasteiger partial charge in [-0.3, -0.25) is 0 Å². The number of aromatic nitrogens is 2. The molecule has 2 unspecified atom stereocenters. The van der Waals surface area contributed by atoms with Gasteiger partial charge in [0.1, 0.15) is 11.6 Å². The molecule has 0 N–H and O–H groups in total. The maximum atomic E-state index is 6.83. The Balaban J connectivity index is 1.39. The van der Waals surface area contributed by atoms with E-state index in [-0.39, 0.29) is 0 Å². The Morgan fingerprint density at radius 2 is 0.881 bits per heavy atom. The molecule has 3 aromatic carbocycles. The van der Waals surface area contributed by atoms with Crippen LogP contribution in [0.15, 0.2) is 135 Å². The topological polar surface area (TPSA) is 106 Å². The van der Waals surface area contributed by atoms with E-state index in [1.807, 2.05) is 119 Å². The van der Waals surface area contributed by atoms with Crippen molar-refractivity contribution >= 4 is 45.8 Å². The van der Waals surface area contributed by atoms with Crippen LogP contribution in [0.25, 0.3) is 0 Å². The van der Waals surface area contributed by atoms with Gasteiger partial charge < -0.3 is 18.1 Å². The first-order chi connectivity index (χ1) is 20.7. The number of hydrogen-bond donors (Lipinski definition) is 0. The predicted octanol–water partition coefficient (Wildman–Crippen LogP) is 9.56. The lowest BCUT2D eigenvalue weighted by molar-refractivity contribution is 0.552. The highest BCUT2D eigenvalue weighted by Crippen LogP contribution is 2.86. The third-order valence-corrected chi connectivity index (χ3v) is 16.0. The summed E-state index contributed by atoms with van der Waals surface area (Å²) in [4.78, 5) is 9.39. The number of hydrogen-bond acceptors (Lipinski definition) is 11. The first kappa shape index (κ1) is 24.1. The van der Waals surface area contributed by atoms with Gasteiger partial charge in [-0.2, -0.15) is 0 Å². The highest BCUT2D eigenvalue weighted by atomic mass is 31.3. The van der Waals surface area contributed by atoms with Crippen LogP contribution in [0, 0.1) is 0 Å². The smallest absolute Gasteiger partial charge is 0.424 e. The number of anilines is 4. The van der Waals surface area contributed by atoms with Gasteiger partial charge >= 0.3 is 22.8 Å². The van der Waals surface area contributed by atoms with Crippen molar-refractivity contribution in [2.45, 2.75) is 0 Å². The molecule has 0 radical (unpaired) electrons. The molecule has 0 saturated carbocycles. The fourth-order valence-corrected chi connectivity index (χ4v) is 16.1. The molecule has 0 amide bonds. The number of rotatable bonds is 2. The Labute approximate surface area is 241 Å². The summed E-state index contributed by atoms with van der Waals surface area (Å²) in [5.41, 5.74) is 1.57. The lowest BCUT2D eigenvalue weighted by Crippen LogP contribution is -2.17. The lowest BCUT2D eigenvalue weighted by Gasteiger charge is -2.34. The summed E-state index contributed by atoms with van der Waals surface area (Å²) < 4.78 is 46.7. The van der Waals surface area contributed by atoms with Gasteiger partial charge in [0.05, 0.1) is 11.4 Å².